The second-order valence-corrected chi connectivity index (χ2v) is 4.49. The van der Waals surface area contributed by atoms with Crippen molar-refractivity contribution in [2.24, 2.45) is 0 Å². The molecule has 0 fully saturated rings. The summed E-state index contributed by atoms with van der Waals surface area (Å²) in [6.45, 7) is 3.04. The first-order chi connectivity index (χ1) is 7.26. The van der Waals surface area contributed by atoms with Crippen molar-refractivity contribution in [1.82, 2.24) is 14.5 Å². The Kier molecular flexibility index (Phi) is 3.26. The van der Waals surface area contributed by atoms with E-state index in [2.05, 4.69) is 37.4 Å². The van der Waals surface area contributed by atoms with Crippen LogP contribution in [0.15, 0.2) is 16.7 Å². The lowest BCUT2D eigenvalue weighted by Crippen LogP contribution is -2.02. The molecule has 2 heterocycles. The maximum Gasteiger partial charge on any atom is 0.160 e. The van der Waals surface area contributed by atoms with Gasteiger partial charge in [-0.15, -0.1) is 11.6 Å². The van der Waals surface area contributed by atoms with Gasteiger partial charge in [0.15, 0.2) is 5.65 Å². The summed E-state index contributed by atoms with van der Waals surface area (Å²) in [5.41, 5.74) is 1.81. The smallest absolute Gasteiger partial charge is 0.160 e. The van der Waals surface area contributed by atoms with Gasteiger partial charge in [0.1, 0.15) is 11.3 Å². The molecule has 80 valence electrons. The molecule has 0 aliphatic carbocycles. The van der Waals surface area contributed by atoms with Crippen LogP contribution in [0, 0.1) is 0 Å². The predicted molar refractivity (Wildman–Crippen MR) is 65.1 cm³/mol. The second kappa shape index (κ2) is 4.49. The van der Waals surface area contributed by atoms with Crippen molar-refractivity contribution in [3.05, 3.63) is 22.6 Å². The third-order valence-electron chi connectivity index (χ3n) is 2.20. The average Bonchev–Trinajstić information content (AvgIpc) is 2.56. The van der Waals surface area contributed by atoms with Crippen molar-refractivity contribution < 1.29 is 0 Å². The van der Waals surface area contributed by atoms with Crippen LogP contribution < -0.4 is 0 Å². The van der Waals surface area contributed by atoms with Crippen molar-refractivity contribution in [1.29, 1.82) is 0 Å². The molecule has 3 nitrogen and oxygen atoms in total. The van der Waals surface area contributed by atoms with Crippen LogP contribution in [0.3, 0.4) is 0 Å². The van der Waals surface area contributed by atoms with Crippen LogP contribution >= 0.6 is 27.5 Å². The Bertz CT molecular complexity index is 481. The van der Waals surface area contributed by atoms with E-state index in [4.69, 9.17) is 11.6 Å². The number of aryl methyl sites for hydroxylation is 1. The summed E-state index contributed by atoms with van der Waals surface area (Å²) in [5.74, 6) is 1.31. The minimum absolute atomic E-state index is 0.425. The number of aromatic nitrogens is 3. The van der Waals surface area contributed by atoms with Gasteiger partial charge in [0.25, 0.3) is 0 Å². The minimum atomic E-state index is 0.425. The molecule has 0 atom stereocenters. The minimum Gasteiger partial charge on any atom is -0.312 e. The zero-order valence-electron chi connectivity index (χ0n) is 8.37. The van der Waals surface area contributed by atoms with Gasteiger partial charge in [-0.3, -0.25) is 0 Å². The zero-order valence-corrected chi connectivity index (χ0v) is 10.7. The maximum absolute atomic E-state index is 5.86. The van der Waals surface area contributed by atoms with Gasteiger partial charge in [-0.25, -0.2) is 9.97 Å². The first kappa shape index (κ1) is 10.9. The molecule has 0 aliphatic rings. The van der Waals surface area contributed by atoms with E-state index in [1.807, 2.05) is 6.07 Å². The van der Waals surface area contributed by atoms with Crippen LogP contribution in [-0.4, -0.2) is 14.5 Å². The molecule has 0 spiro atoms. The molecule has 2 rings (SSSR count). The van der Waals surface area contributed by atoms with Gasteiger partial charge in [0.2, 0.25) is 0 Å². The number of pyridine rings is 1. The summed E-state index contributed by atoms with van der Waals surface area (Å²) in [6.07, 6.45) is 2.83. The molecule has 0 radical (unpaired) electrons. The number of halogens is 2. The third kappa shape index (κ3) is 2.01. The molecule has 0 unspecified atom stereocenters. The van der Waals surface area contributed by atoms with Gasteiger partial charge < -0.3 is 4.57 Å². The predicted octanol–water partition coefficient (Wildman–Crippen LogP) is 3.34. The number of nitrogens with zero attached hydrogens (tertiary/aromatic N) is 3. The molecule has 0 saturated carbocycles. The second-order valence-electron chi connectivity index (χ2n) is 3.31. The van der Waals surface area contributed by atoms with Gasteiger partial charge >= 0.3 is 0 Å². The Morgan fingerprint density at radius 3 is 3.00 bits per heavy atom. The summed E-state index contributed by atoms with van der Waals surface area (Å²) in [7, 11) is 0. The molecule has 5 heteroatoms. The van der Waals surface area contributed by atoms with Gasteiger partial charge in [0, 0.05) is 17.2 Å². The Hall–Kier alpha value is -0.610. The molecular formula is C10H11BrClN3. The lowest BCUT2D eigenvalue weighted by Gasteiger charge is -2.03. The van der Waals surface area contributed by atoms with Gasteiger partial charge in [-0.2, -0.15) is 0 Å². The summed E-state index contributed by atoms with van der Waals surface area (Å²) < 4.78 is 3.02. The van der Waals surface area contributed by atoms with Crippen molar-refractivity contribution >= 4 is 38.7 Å². The molecular weight excluding hydrogens is 277 g/mol. The monoisotopic (exact) mass is 287 g/mol. The van der Waals surface area contributed by atoms with Crippen LogP contribution in [0.5, 0.6) is 0 Å². The van der Waals surface area contributed by atoms with Crippen molar-refractivity contribution in [2.75, 3.05) is 0 Å². The summed E-state index contributed by atoms with van der Waals surface area (Å²) in [6, 6.07) is 1.96. The SMILES string of the molecule is CCCn1c(CCl)nc2cc(Br)cnc21. The largest absolute Gasteiger partial charge is 0.312 e. The van der Waals surface area contributed by atoms with Crippen LogP contribution in [0.1, 0.15) is 19.2 Å². The fourth-order valence-corrected chi connectivity index (χ4v) is 2.12. The molecule has 2 aromatic heterocycles. The number of hydrogen-bond acceptors (Lipinski definition) is 2. The fraction of sp³-hybridized carbons (Fsp3) is 0.400. The summed E-state index contributed by atoms with van der Waals surface area (Å²) in [4.78, 5) is 8.81. The van der Waals surface area contributed by atoms with Crippen molar-refractivity contribution in [3.8, 4) is 0 Å². The van der Waals surface area contributed by atoms with Crippen molar-refractivity contribution in [3.63, 3.8) is 0 Å². The Labute approximate surface area is 102 Å². The topological polar surface area (TPSA) is 30.7 Å². The molecule has 0 bridgehead atoms. The highest BCUT2D eigenvalue weighted by molar-refractivity contribution is 9.10. The van der Waals surface area contributed by atoms with Crippen LogP contribution in [0.4, 0.5) is 0 Å². The fourth-order valence-electron chi connectivity index (χ4n) is 1.59. The number of imidazole rings is 1. The van der Waals surface area contributed by atoms with Gasteiger partial charge in [-0.05, 0) is 28.4 Å². The van der Waals surface area contributed by atoms with E-state index in [0.29, 0.717) is 5.88 Å². The van der Waals surface area contributed by atoms with E-state index >= 15 is 0 Å². The van der Waals surface area contributed by atoms with E-state index in [0.717, 1.165) is 34.4 Å². The summed E-state index contributed by atoms with van der Waals surface area (Å²) in [5, 5.41) is 0. The Balaban J connectivity index is 2.63. The number of fused-ring (bicyclic) bond motifs is 1. The number of hydrogen-bond donors (Lipinski definition) is 0. The van der Waals surface area contributed by atoms with Crippen molar-refractivity contribution in [2.45, 2.75) is 25.8 Å². The highest BCUT2D eigenvalue weighted by Crippen LogP contribution is 2.19. The quantitative estimate of drug-likeness (QED) is 0.811. The average molecular weight is 289 g/mol. The highest BCUT2D eigenvalue weighted by atomic mass is 79.9. The van der Waals surface area contributed by atoms with Crippen LogP contribution in [-0.2, 0) is 12.4 Å². The van der Waals surface area contributed by atoms with E-state index < -0.39 is 0 Å². The maximum atomic E-state index is 5.86. The molecule has 0 N–H and O–H groups in total. The van der Waals surface area contributed by atoms with Crippen LogP contribution in [0.2, 0.25) is 0 Å². The third-order valence-corrected chi connectivity index (χ3v) is 2.87. The van der Waals surface area contributed by atoms with E-state index in [-0.39, 0.29) is 0 Å². The molecule has 0 aromatic carbocycles. The standard InChI is InChI=1S/C10H11BrClN3/c1-2-3-15-9(5-12)14-8-4-7(11)6-13-10(8)15/h4,6H,2-3,5H2,1H3. The Morgan fingerprint density at radius 2 is 2.33 bits per heavy atom. The van der Waals surface area contributed by atoms with Crippen LogP contribution in [0.25, 0.3) is 11.2 Å². The molecule has 0 aliphatic heterocycles. The first-order valence-corrected chi connectivity index (χ1v) is 6.15. The van der Waals surface area contributed by atoms with Gasteiger partial charge in [-0.1, -0.05) is 6.92 Å². The lowest BCUT2D eigenvalue weighted by atomic mass is 10.4. The molecule has 0 saturated heterocycles. The normalized spacial score (nSPS) is 11.1. The summed E-state index contributed by atoms with van der Waals surface area (Å²) >= 11 is 9.24. The molecule has 0 amide bonds. The van der Waals surface area contributed by atoms with E-state index in [1.165, 1.54) is 0 Å². The zero-order chi connectivity index (χ0) is 10.8. The molecule has 15 heavy (non-hydrogen) atoms. The lowest BCUT2D eigenvalue weighted by molar-refractivity contribution is 0.667. The number of rotatable bonds is 3. The first-order valence-electron chi connectivity index (χ1n) is 4.83. The van der Waals surface area contributed by atoms with E-state index in [9.17, 15) is 0 Å². The molecule has 2 aromatic rings. The number of alkyl halides is 1. The van der Waals surface area contributed by atoms with E-state index in [1.54, 1.807) is 6.20 Å². The Morgan fingerprint density at radius 1 is 1.53 bits per heavy atom. The highest BCUT2D eigenvalue weighted by Gasteiger charge is 2.10. The van der Waals surface area contributed by atoms with Gasteiger partial charge in [0.05, 0.1) is 5.88 Å².